The molecule has 0 atom stereocenters. The second kappa shape index (κ2) is 9.59. The number of nitrogens with one attached hydrogen (secondary N) is 2. The molecule has 7 heteroatoms. The van der Waals surface area contributed by atoms with E-state index >= 15 is 0 Å². The molecule has 0 unspecified atom stereocenters. The van der Waals surface area contributed by atoms with Gasteiger partial charge in [0.25, 0.3) is 0 Å². The van der Waals surface area contributed by atoms with Crippen molar-refractivity contribution in [2.45, 2.75) is 18.7 Å². The summed E-state index contributed by atoms with van der Waals surface area (Å²) in [6, 6.07) is 12.9. The summed E-state index contributed by atoms with van der Waals surface area (Å²) >= 11 is 1.34. The zero-order chi connectivity index (χ0) is 19.8. The first kappa shape index (κ1) is 20.3. The number of hydrogen-bond acceptors (Lipinski definition) is 4. The van der Waals surface area contributed by atoms with Crippen LogP contribution < -0.4 is 10.6 Å². The predicted octanol–water partition coefficient (Wildman–Crippen LogP) is 3.61. The number of aryl methyl sites for hydroxylation is 2. The quantitative estimate of drug-likeness (QED) is 0.501. The lowest BCUT2D eigenvalue weighted by Gasteiger charge is -2.10. The zero-order valence-electron chi connectivity index (χ0n) is 15.0. The van der Waals surface area contributed by atoms with Crippen LogP contribution in [0.15, 0.2) is 59.5 Å². The van der Waals surface area contributed by atoms with Crippen molar-refractivity contribution in [2.24, 2.45) is 0 Å². The van der Waals surface area contributed by atoms with Gasteiger partial charge in [-0.2, -0.15) is 0 Å². The Morgan fingerprint density at radius 3 is 2.56 bits per heavy atom. The molecule has 0 aliphatic carbocycles. The van der Waals surface area contributed by atoms with Crippen LogP contribution in [0.1, 0.15) is 11.1 Å². The molecule has 0 aliphatic rings. The molecule has 0 aliphatic heterocycles. The van der Waals surface area contributed by atoms with Crippen LogP contribution in [0.2, 0.25) is 0 Å². The van der Waals surface area contributed by atoms with Crippen molar-refractivity contribution in [1.82, 2.24) is 0 Å². The van der Waals surface area contributed by atoms with E-state index in [0.29, 0.717) is 5.69 Å². The van der Waals surface area contributed by atoms with Crippen molar-refractivity contribution in [2.75, 3.05) is 16.4 Å². The highest BCUT2D eigenvalue weighted by atomic mass is 32.2. The molecule has 0 aromatic heterocycles. The topological polar surface area (TPSA) is 95.5 Å². The molecule has 2 rings (SSSR count). The van der Waals surface area contributed by atoms with Gasteiger partial charge in [-0.15, -0.1) is 11.8 Å². The van der Waals surface area contributed by atoms with Crippen LogP contribution in [-0.2, 0) is 14.4 Å². The molecule has 2 aromatic rings. The largest absolute Gasteiger partial charge is 0.478 e. The van der Waals surface area contributed by atoms with Crippen LogP contribution >= 0.6 is 11.8 Å². The summed E-state index contributed by atoms with van der Waals surface area (Å²) in [5.74, 6) is -1.62. The van der Waals surface area contributed by atoms with Crippen LogP contribution in [0.4, 0.5) is 11.4 Å². The number of carboxylic acids is 1. The SMILES string of the molecule is Cc1ccc(C)c(NC(=O)CSc2cccc(NC(=O)/C=C/C(=O)O)c2)c1. The minimum absolute atomic E-state index is 0.118. The molecule has 0 radical (unpaired) electrons. The third-order valence-electron chi connectivity index (χ3n) is 3.52. The van der Waals surface area contributed by atoms with Crippen molar-refractivity contribution < 1.29 is 19.5 Å². The second-order valence-electron chi connectivity index (χ2n) is 5.84. The third-order valence-corrected chi connectivity index (χ3v) is 4.51. The Labute approximate surface area is 161 Å². The molecule has 3 N–H and O–H groups in total. The Kier molecular flexibility index (Phi) is 7.19. The molecule has 0 heterocycles. The monoisotopic (exact) mass is 384 g/mol. The van der Waals surface area contributed by atoms with E-state index in [0.717, 1.165) is 33.9 Å². The van der Waals surface area contributed by atoms with Gasteiger partial charge in [-0.25, -0.2) is 4.79 Å². The maximum absolute atomic E-state index is 12.2. The fraction of sp³-hybridized carbons (Fsp3) is 0.150. The average Bonchev–Trinajstić information content (AvgIpc) is 2.62. The number of thioether (sulfide) groups is 1. The fourth-order valence-electron chi connectivity index (χ4n) is 2.20. The lowest BCUT2D eigenvalue weighted by Crippen LogP contribution is -2.15. The summed E-state index contributed by atoms with van der Waals surface area (Å²) in [5, 5.41) is 14.0. The highest BCUT2D eigenvalue weighted by Crippen LogP contribution is 2.23. The molecule has 2 amide bonds. The minimum atomic E-state index is -1.19. The van der Waals surface area contributed by atoms with Crippen LogP contribution in [0.5, 0.6) is 0 Å². The number of carboxylic acid groups (broad SMARTS) is 1. The third kappa shape index (κ3) is 6.99. The van der Waals surface area contributed by atoms with Crippen LogP contribution in [-0.4, -0.2) is 28.6 Å². The molecule has 140 valence electrons. The first-order valence-corrected chi connectivity index (χ1v) is 9.14. The molecule has 6 nitrogen and oxygen atoms in total. The summed E-state index contributed by atoms with van der Waals surface area (Å²) in [7, 11) is 0. The first-order chi connectivity index (χ1) is 12.8. The molecule has 0 spiro atoms. The normalized spacial score (nSPS) is 10.6. The Morgan fingerprint density at radius 1 is 1.04 bits per heavy atom. The van der Waals surface area contributed by atoms with Gasteiger partial charge in [-0.3, -0.25) is 9.59 Å². The molecule has 2 aromatic carbocycles. The summed E-state index contributed by atoms with van der Waals surface area (Å²) in [5.41, 5.74) is 3.39. The van der Waals surface area contributed by atoms with Crippen molar-refractivity contribution in [3.8, 4) is 0 Å². The number of amides is 2. The van der Waals surface area contributed by atoms with Crippen molar-refractivity contribution >= 4 is 40.9 Å². The zero-order valence-corrected chi connectivity index (χ0v) is 15.8. The van der Waals surface area contributed by atoms with Crippen LogP contribution in [0.3, 0.4) is 0 Å². The highest BCUT2D eigenvalue weighted by Gasteiger charge is 2.07. The van der Waals surface area contributed by atoms with Crippen molar-refractivity contribution in [3.05, 3.63) is 65.7 Å². The van der Waals surface area contributed by atoms with E-state index < -0.39 is 11.9 Å². The Balaban J connectivity index is 1.92. The van der Waals surface area contributed by atoms with Gasteiger partial charge in [0.05, 0.1) is 5.75 Å². The number of carbonyl (C=O) groups excluding carboxylic acids is 2. The first-order valence-electron chi connectivity index (χ1n) is 8.15. The van der Waals surface area contributed by atoms with Crippen molar-refractivity contribution in [3.63, 3.8) is 0 Å². The van der Waals surface area contributed by atoms with Crippen LogP contribution in [0, 0.1) is 13.8 Å². The van der Waals surface area contributed by atoms with Gasteiger partial charge in [0.1, 0.15) is 0 Å². The Morgan fingerprint density at radius 2 is 1.81 bits per heavy atom. The fourth-order valence-corrected chi connectivity index (χ4v) is 2.96. The van der Waals surface area contributed by atoms with Gasteiger partial charge in [0.2, 0.25) is 11.8 Å². The maximum Gasteiger partial charge on any atom is 0.328 e. The van der Waals surface area contributed by atoms with Gasteiger partial charge in [-0.1, -0.05) is 18.2 Å². The summed E-state index contributed by atoms with van der Waals surface area (Å²) in [6.45, 7) is 3.91. The van der Waals surface area contributed by atoms with E-state index in [1.165, 1.54) is 11.8 Å². The standard InChI is InChI=1S/C20H20N2O4S/c1-13-6-7-14(2)17(10-13)22-19(24)12-27-16-5-3-4-15(11-16)21-18(23)8-9-20(25)26/h3-11H,12H2,1-2H3,(H,21,23)(H,22,24)(H,25,26)/b9-8+. The molecule has 27 heavy (non-hydrogen) atoms. The van der Waals surface area contributed by atoms with E-state index in [-0.39, 0.29) is 11.7 Å². The van der Waals surface area contributed by atoms with Crippen LogP contribution in [0.25, 0.3) is 0 Å². The second-order valence-corrected chi connectivity index (χ2v) is 6.89. The number of hydrogen-bond donors (Lipinski definition) is 3. The molecular weight excluding hydrogens is 364 g/mol. The van der Waals surface area contributed by atoms with Gasteiger partial charge < -0.3 is 15.7 Å². The molecule has 0 saturated heterocycles. The van der Waals surface area contributed by atoms with E-state index in [1.54, 1.807) is 18.2 Å². The lowest BCUT2D eigenvalue weighted by atomic mass is 10.1. The van der Waals surface area contributed by atoms with Gasteiger partial charge in [0.15, 0.2) is 0 Å². The van der Waals surface area contributed by atoms with E-state index in [4.69, 9.17) is 5.11 Å². The Bertz CT molecular complexity index is 893. The number of anilines is 2. The Hall–Kier alpha value is -3.06. The highest BCUT2D eigenvalue weighted by molar-refractivity contribution is 8.00. The molecule has 0 saturated carbocycles. The lowest BCUT2D eigenvalue weighted by molar-refractivity contribution is -0.131. The molecule has 0 bridgehead atoms. The predicted molar refractivity (Wildman–Crippen MR) is 107 cm³/mol. The van der Waals surface area contributed by atoms with Gasteiger partial charge in [-0.05, 0) is 49.2 Å². The summed E-state index contributed by atoms with van der Waals surface area (Å²) in [6.07, 6.45) is 1.71. The average molecular weight is 384 g/mol. The van der Waals surface area contributed by atoms with E-state index in [2.05, 4.69) is 10.6 Å². The maximum atomic E-state index is 12.2. The smallest absolute Gasteiger partial charge is 0.328 e. The summed E-state index contributed by atoms with van der Waals surface area (Å²) < 4.78 is 0. The molecular formula is C20H20N2O4S. The number of carbonyl (C=O) groups is 3. The van der Waals surface area contributed by atoms with Crippen molar-refractivity contribution in [1.29, 1.82) is 0 Å². The minimum Gasteiger partial charge on any atom is -0.478 e. The van der Waals surface area contributed by atoms with Gasteiger partial charge >= 0.3 is 5.97 Å². The summed E-state index contributed by atoms with van der Waals surface area (Å²) in [4.78, 5) is 35.1. The molecule has 0 fully saturated rings. The number of benzene rings is 2. The van der Waals surface area contributed by atoms with E-state index in [1.807, 2.05) is 38.1 Å². The van der Waals surface area contributed by atoms with E-state index in [9.17, 15) is 14.4 Å². The number of aliphatic carboxylic acids is 1. The number of rotatable bonds is 7. The van der Waals surface area contributed by atoms with Gasteiger partial charge in [0, 0.05) is 28.4 Å².